The van der Waals surface area contributed by atoms with Gasteiger partial charge < -0.3 is 0 Å². The van der Waals surface area contributed by atoms with Crippen molar-refractivity contribution < 1.29 is 0 Å². The van der Waals surface area contributed by atoms with E-state index in [-0.39, 0.29) is 0 Å². The smallest absolute Gasteiger partial charge is 0.0700 e. The summed E-state index contributed by atoms with van der Waals surface area (Å²) in [5, 5.41) is 5.93. The molecule has 2 nitrogen and oxygen atoms in total. The fourth-order valence-electron chi connectivity index (χ4n) is 2.68. The predicted molar refractivity (Wildman–Crippen MR) is 87.2 cm³/mol. The van der Waals surface area contributed by atoms with Crippen molar-refractivity contribution in [1.82, 2.24) is 9.78 Å². The van der Waals surface area contributed by atoms with Gasteiger partial charge >= 0.3 is 0 Å². The van der Waals surface area contributed by atoms with Crippen LogP contribution < -0.4 is 0 Å². The Bertz CT molecular complexity index is 767. The molecule has 0 saturated carbocycles. The summed E-state index contributed by atoms with van der Waals surface area (Å²) in [6.07, 6.45) is 0. The van der Waals surface area contributed by atoms with Crippen LogP contribution in [0.25, 0.3) is 10.9 Å². The summed E-state index contributed by atoms with van der Waals surface area (Å²) < 4.78 is 3.19. The van der Waals surface area contributed by atoms with Gasteiger partial charge in [0.05, 0.1) is 17.8 Å². The summed E-state index contributed by atoms with van der Waals surface area (Å²) in [4.78, 5) is 0. The molecule has 2 aromatic carbocycles. The van der Waals surface area contributed by atoms with Crippen LogP contribution in [0.3, 0.4) is 0 Å². The van der Waals surface area contributed by atoms with Crippen molar-refractivity contribution in [1.29, 1.82) is 0 Å². The summed E-state index contributed by atoms with van der Waals surface area (Å²) in [5.74, 6) is 0. The Morgan fingerprint density at radius 1 is 1.05 bits per heavy atom. The van der Waals surface area contributed by atoms with Gasteiger partial charge in [0, 0.05) is 9.86 Å². The summed E-state index contributed by atoms with van der Waals surface area (Å²) in [5.41, 5.74) is 6.26. The van der Waals surface area contributed by atoms with Crippen LogP contribution >= 0.6 is 15.9 Å². The van der Waals surface area contributed by atoms with E-state index in [2.05, 4.69) is 77.8 Å². The quantitative estimate of drug-likeness (QED) is 0.662. The first-order valence-corrected chi connectivity index (χ1v) is 7.53. The lowest BCUT2D eigenvalue weighted by molar-refractivity contribution is 0.697. The molecule has 0 N–H and O–H groups in total. The highest BCUT2D eigenvalue weighted by Crippen LogP contribution is 2.24. The molecule has 0 aliphatic rings. The van der Waals surface area contributed by atoms with Crippen LogP contribution in [0.5, 0.6) is 0 Å². The normalized spacial score (nSPS) is 11.2. The predicted octanol–water partition coefficient (Wildman–Crippen LogP) is 4.77. The molecule has 0 saturated heterocycles. The maximum absolute atomic E-state index is 4.70. The minimum Gasteiger partial charge on any atom is -0.260 e. The zero-order valence-corrected chi connectivity index (χ0v) is 13.5. The number of hydrogen-bond donors (Lipinski definition) is 0. The molecular formula is C17H17BrN2. The van der Waals surface area contributed by atoms with E-state index in [1.54, 1.807) is 0 Å². The Morgan fingerprint density at radius 2 is 1.75 bits per heavy atom. The lowest BCUT2D eigenvalue weighted by Crippen LogP contribution is -2.05. The largest absolute Gasteiger partial charge is 0.260 e. The molecule has 0 spiro atoms. The molecule has 20 heavy (non-hydrogen) atoms. The Hall–Kier alpha value is -1.61. The third-order valence-electron chi connectivity index (χ3n) is 3.85. The second kappa shape index (κ2) is 5.06. The number of nitrogens with zero attached hydrogens (tertiary/aromatic N) is 2. The lowest BCUT2D eigenvalue weighted by atomic mass is 10.0. The van der Waals surface area contributed by atoms with E-state index < -0.39 is 0 Å². The van der Waals surface area contributed by atoms with Crippen LogP contribution in [0.1, 0.15) is 22.4 Å². The summed E-state index contributed by atoms with van der Waals surface area (Å²) >= 11 is 3.55. The summed E-state index contributed by atoms with van der Waals surface area (Å²) in [6, 6.07) is 12.8. The first-order chi connectivity index (χ1) is 9.56. The number of halogens is 1. The average Bonchev–Trinajstić information content (AvgIpc) is 2.70. The minimum atomic E-state index is 0.819. The molecule has 0 atom stereocenters. The first-order valence-electron chi connectivity index (χ1n) is 6.74. The molecule has 102 valence electrons. The second-order valence-corrected chi connectivity index (χ2v) is 6.19. The lowest BCUT2D eigenvalue weighted by Gasteiger charge is -2.10. The van der Waals surface area contributed by atoms with Crippen molar-refractivity contribution in [2.75, 3.05) is 0 Å². The zero-order valence-electron chi connectivity index (χ0n) is 11.9. The third-order valence-corrected chi connectivity index (χ3v) is 4.34. The van der Waals surface area contributed by atoms with Crippen LogP contribution in [0.15, 0.2) is 40.9 Å². The van der Waals surface area contributed by atoms with Crippen molar-refractivity contribution in [3.8, 4) is 0 Å². The number of fused-ring (bicyclic) bond motifs is 1. The number of rotatable bonds is 2. The third kappa shape index (κ3) is 2.27. The molecule has 3 rings (SSSR count). The van der Waals surface area contributed by atoms with Gasteiger partial charge in [-0.2, -0.15) is 5.10 Å². The van der Waals surface area contributed by atoms with Gasteiger partial charge in [-0.1, -0.05) is 34.1 Å². The van der Waals surface area contributed by atoms with Crippen LogP contribution in [0.2, 0.25) is 0 Å². The van der Waals surface area contributed by atoms with Crippen LogP contribution in [-0.2, 0) is 6.54 Å². The average molecular weight is 329 g/mol. The molecule has 0 bridgehead atoms. The van der Waals surface area contributed by atoms with Gasteiger partial charge in [0.2, 0.25) is 0 Å². The zero-order chi connectivity index (χ0) is 14.3. The molecule has 0 fully saturated rings. The van der Waals surface area contributed by atoms with E-state index in [9.17, 15) is 0 Å². The van der Waals surface area contributed by atoms with Crippen molar-refractivity contribution in [3.05, 3.63) is 63.3 Å². The second-order valence-electron chi connectivity index (χ2n) is 5.27. The van der Waals surface area contributed by atoms with E-state index in [0.717, 1.165) is 16.7 Å². The Morgan fingerprint density at radius 3 is 2.45 bits per heavy atom. The van der Waals surface area contributed by atoms with Crippen molar-refractivity contribution >= 4 is 26.8 Å². The summed E-state index contributed by atoms with van der Waals surface area (Å²) in [7, 11) is 0. The van der Waals surface area contributed by atoms with Gasteiger partial charge in [0.1, 0.15) is 0 Å². The first kappa shape index (κ1) is 13.4. The Kier molecular flexibility index (Phi) is 3.38. The molecule has 0 unspecified atom stereocenters. The topological polar surface area (TPSA) is 17.8 Å². The Balaban J connectivity index is 2.14. The number of benzene rings is 2. The van der Waals surface area contributed by atoms with Crippen molar-refractivity contribution in [3.63, 3.8) is 0 Å². The van der Waals surface area contributed by atoms with E-state index in [0.29, 0.717) is 0 Å². The highest BCUT2D eigenvalue weighted by atomic mass is 79.9. The monoisotopic (exact) mass is 328 g/mol. The fraction of sp³-hybridized carbons (Fsp3) is 0.235. The molecular weight excluding hydrogens is 312 g/mol. The van der Waals surface area contributed by atoms with Crippen molar-refractivity contribution in [2.24, 2.45) is 0 Å². The van der Waals surface area contributed by atoms with Gasteiger partial charge in [0.25, 0.3) is 0 Å². The fourth-order valence-corrected chi connectivity index (χ4v) is 3.03. The van der Waals surface area contributed by atoms with Crippen molar-refractivity contribution in [2.45, 2.75) is 27.3 Å². The van der Waals surface area contributed by atoms with Crippen LogP contribution in [0.4, 0.5) is 0 Å². The molecule has 0 aliphatic carbocycles. The van der Waals surface area contributed by atoms with Gasteiger partial charge in [-0.15, -0.1) is 0 Å². The van der Waals surface area contributed by atoms with Gasteiger partial charge in [-0.3, -0.25) is 4.68 Å². The Labute approximate surface area is 127 Å². The van der Waals surface area contributed by atoms with Crippen LogP contribution in [0, 0.1) is 20.8 Å². The molecule has 3 heteroatoms. The van der Waals surface area contributed by atoms with Gasteiger partial charge in [0.15, 0.2) is 0 Å². The maximum atomic E-state index is 4.70. The summed E-state index contributed by atoms with van der Waals surface area (Å²) in [6.45, 7) is 7.21. The standard InChI is InChI=1S/C17H17BrN2/c1-11-5-4-6-12(2)16(11)10-20-17-9-14(18)7-8-15(17)13(3)19-20/h4-9H,10H2,1-3H3. The van der Waals surface area contributed by atoms with Gasteiger partial charge in [-0.05, 0) is 55.7 Å². The van der Waals surface area contributed by atoms with Gasteiger partial charge in [-0.25, -0.2) is 0 Å². The molecule has 0 radical (unpaired) electrons. The van der Waals surface area contributed by atoms with Crippen LogP contribution in [-0.4, -0.2) is 9.78 Å². The molecule has 3 aromatic rings. The minimum absolute atomic E-state index is 0.819. The number of aromatic nitrogens is 2. The van der Waals surface area contributed by atoms with E-state index >= 15 is 0 Å². The maximum Gasteiger partial charge on any atom is 0.0700 e. The SMILES string of the molecule is Cc1cccc(C)c1Cn1nc(C)c2ccc(Br)cc21. The highest BCUT2D eigenvalue weighted by molar-refractivity contribution is 9.10. The van der Waals surface area contributed by atoms with E-state index in [4.69, 9.17) is 5.10 Å². The number of aryl methyl sites for hydroxylation is 3. The highest BCUT2D eigenvalue weighted by Gasteiger charge is 2.10. The van der Waals surface area contributed by atoms with E-state index in [1.807, 2.05) is 0 Å². The molecule has 0 aliphatic heterocycles. The van der Waals surface area contributed by atoms with E-state index in [1.165, 1.54) is 27.6 Å². The number of hydrogen-bond acceptors (Lipinski definition) is 1. The molecule has 1 aromatic heterocycles. The molecule has 0 amide bonds. The molecule has 1 heterocycles.